The number of halogens is 1. The molecule has 98 valence electrons. The van der Waals surface area contributed by atoms with E-state index >= 15 is 0 Å². The molecule has 0 fully saturated rings. The molecular formula is C13H13ClN4O. The second-order valence-electron chi connectivity index (χ2n) is 4.37. The van der Waals surface area contributed by atoms with E-state index in [-0.39, 0.29) is 11.1 Å². The molecule has 0 aliphatic heterocycles. The topological polar surface area (TPSA) is 63.6 Å². The third-order valence-electron chi connectivity index (χ3n) is 3.10. The van der Waals surface area contributed by atoms with Crippen LogP contribution in [0.5, 0.6) is 0 Å². The van der Waals surface area contributed by atoms with E-state index < -0.39 is 0 Å². The van der Waals surface area contributed by atoms with Gasteiger partial charge in [0.1, 0.15) is 16.8 Å². The summed E-state index contributed by atoms with van der Waals surface area (Å²) in [4.78, 5) is 12.1. The smallest absolute Gasteiger partial charge is 0.268 e. The van der Waals surface area contributed by atoms with Gasteiger partial charge in [0.25, 0.3) is 5.56 Å². The highest BCUT2D eigenvalue weighted by atomic mass is 35.5. The Kier molecular flexibility index (Phi) is 3.45. The first-order valence-electron chi connectivity index (χ1n) is 5.74. The highest BCUT2D eigenvalue weighted by Gasteiger charge is 2.14. The van der Waals surface area contributed by atoms with E-state index in [2.05, 4.69) is 5.10 Å². The van der Waals surface area contributed by atoms with Crippen LogP contribution in [0.1, 0.15) is 22.5 Å². The van der Waals surface area contributed by atoms with Crippen molar-refractivity contribution >= 4 is 11.6 Å². The van der Waals surface area contributed by atoms with Crippen LogP contribution in [0.3, 0.4) is 0 Å². The molecule has 0 radical (unpaired) electrons. The van der Waals surface area contributed by atoms with E-state index in [0.717, 1.165) is 17.0 Å². The van der Waals surface area contributed by atoms with Gasteiger partial charge >= 0.3 is 0 Å². The van der Waals surface area contributed by atoms with E-state index in [4.69, 9.17) is 16.9 Å². The maximum Gasteiger partial charge on any atom is 0.268 e. The minimum atomic E-state index is -0.304. The Balaban J connectivity index is 2.56. The predicted octanol–water partition coefficient (Wildman–Crippen LogP) is 1.77. The summed E-state index contributed by atoms with van der Waals surface area (Å²) in [6.45, 7) is 3.98. The molecule has 2 heterocycles. The molecular weight excluding hydrogens is 264 g/mol. The van der Waals surface area contributed by atoms with Crippen molar-refractivity contribution < 1.29 is 0 Å². The maximum atomic E-state index is 12.1. The standard InChI is InChI=1S/C13H13ClN4O/c1-8-4-5-10(6-15)13(19)18(8)7-11-9(2)16-17(3)12(11)14/h4-5H,7H2,1-3H3. The zero-order valence-corrected chi connectivity index (χ0v) is 11.7. The van der Waals surface area contributed by atoms with Gasteiger partial charge in [0.15, 0.2) is 0 Å². The molecule has 0 spiro atoms. The Bertz CT molecular complexity index is 736. The van der Waals surface area contributed by atoms with Crippen LogP contribution in [0.4, 0.5) is 0 Å². The number of aromatic nitrogens is 3. The van der Waals surface area contributed by atoms with Gasteiger partial charge in [-0.1, -0.05) is 11.6 Å². The van der Waals surface area contributed by atoms with E-state index in [0.29, 0.717) is 11.7 Å². The Morgan fingerprint density at radius 3 is 2.63 bits per heavy atom. The highest BCUT2D eigenvalue weighted by Crippen LogP contribution is 2.19. The molecule has 0 saturated heterocycles. The van der Waals surface area contributed by atoms with Crippen molar-refractivity contribution in [1.82, 2.24) is 14.3 Å². The second kappa shape index (κ2) is 4.90. The zero-order chi connectivity index (χ0) is 14.2. The molecule has 0 N–H and O–H groups in total. The van der Waals surface area contributed by atoms with Crippen LogP contribution in [0.25, 0.3) is 0 Å². The van der Waals surface area contributed by atoms with Gasteiger partial charge in [-0.05, 0) is 26.0 Å². The number of pyridine rings is 1. The first-order chi connectivity index (χ1) is 8.95. The minimum Gasteiger partial charge on any atom is -0.307 e. The molecule has 6 heteroatoms. The number of hydrogen-bond donors (Lipinski definition) is 0. The summed E-state index contributed by atoms with van der Waals surface area (Å²) in [5.74, 6) is 0. The molecule has 0 aromatic carbocycles. The number of hydrogen-bond acceptors (Lipinski definition) is 3. The molecule has 0 amide bonds. The Morgan fingerprint density at radius 1 is 1.42 bits per heavy atom. The van der Waals surface area contributed by atoms with Crippen molar-refractivity contribution in [2.75, 3.05) is 0 Å². The highest BCUT2D eigenvalue weighted by molar-refractivity contribution is 6.30. The lowest BCUT2D eigenvalue weighted by atomic mass is 10.2. The van der Waals surface area contributed by atoms with Crippen molar-refractivity contribution in [2.45, 2.75) is 20.4 Å². The lowest BCUT2D eigenvalue weighted by molar-refractivity contribution is 0.723. The first kappa shape index (κ1) is 13.4. The fourth-order valence-electron chi connectivity index (χ4n) is 1.96. The summed E-state index contributed by atoms with van der Waals surface area (Å²) in [5, 5.41) is 13.6. The molecule has 0 bridgehead atoms. The number of nitrogens with zero attached hydrogens (tertiary/aromatic N) is 4. The summed E-state index contributed by atoms with van der Waals surface area (Å²) < 4.78 is 3.11. The molecule has 2 rings (SSSR count). The normalized spacial score (nSPS) is 10.5. The average molecular weight is 277 g/mol. The van der Waals surface area contributed by atoms with Crippen LogP contribution in [0, 0.1) is 25.2 Å². The predicted molar refractivity (Wildman–Crippen MR) is 72.2 cm³/mol. The van der Waals surface area contributed by atoms with Crippen LogP contribution >= 0.6 is 11.6 Å². The first-order valence-corrected chi connectivity index (χ1v) is 6.12. The fourth-order valence-corrected chi connectivity index (χ4v) is 2.20. The van der Waals surface area contributed by atoms with Gasteiger partial charge in [-0.3, -0.25) is 9.48 Å². The summed E-state index contributed by atoms with van der Waals surface area (Å²) in [7, 11) is 1.75. The molecule has 0 atom stereocenters. The molecule has 5 nitrogen and oxygen atoms in total. The SMILES string of the molecule is Cc1nn(C)c(Cl)c1Cn1c(C)ccc(C#N)c1=O. The molecule has 0 aliphatic rings. The Hall–Kier alpha value is -2.06. The van der Waals surface area contributed by atoms with Gasteiger partial charge in [0.05, 0.1) is 12.2 Å². The number of aryl methyl sites for hydroxylation is 3. The zero-order valence-electron chi connectivity index (χ0n) is 10.9. The largest absolute Gasteiger partial charge is 0.307 e. The van der Waals surface area contributed by atoms with Gasteiger partial charge in [-0.2, -0.15) is 10.4 Å². The molecule has 2 aromatic heterocycles. The third-order valence-corrected chi connectivity index (χ3v) is 3.57. The van der Waals surface area contributed by atoms with Gasteiger partial charge < -0.3 is 4.57 Å². The molecule has 0 aliphatic carbocycles. The van der Waals surface area contributed by atoms with Crippen LogP contribution in [-0.2, 0) is 13.6 Å². The van der Waals surface area contributed by atoms with Gasteiger partial charge in [0.2, 0.25) is 0 Å². The van der Waals surface area contributed by atoms with E-state index in [1.54, 1.807) is 17.8 Å². The lowest BCUT2D eigenvalue weighted by Crippen LogP contribution is -2.25. The van der Waals surface area contributed by atoms with Crippen molar-refractivity contribution in [1.29, 1.82) is 5.26 Å². The molecule has 0 saturated carbocycles. The minimum absolute atomic E-state index is 0.128. The molecule has 0 unspecified atom stereocenters. The summed E-state index contributed by atoms with van der Waals surface area (Å²) in [6.07, 6.45) is 0. The summed E-state index contributed by atoms with van der Waals surface area (Å²) >= 11 is 6.16. The summed E-state index contributed by atoms with van der Waals surface area (Å²) in [6, 6.07) is 5.18. The van der Waals surface area contributed by atoms with Crippen molar-refractivity contribution in [2.24, 2.45) is 7.05 Å². The van der Waals surface area contributed by atoms with Crippen molar-refractivity contribution in [3.63, 3.8) is 0 Å². The van der Waals surface area contributed by atoms with Crippen molar-refractivity contribution in [3.8, 4) is 6.07 Å². The maximum absolute atomic E-state index is 12.1. The third kappa shape index (κ3) is 2.27. The van der Waals surface area contributed by atoms with Crippen LogP contribution in [0.15, 0.2) is 16.9 Å². The van der Waals surface area contributed by atoms with Crippen molar-refractivity contribution in [3.05, 3.63) is 50.2 Å². The monoisotopic (exact) mass is 276 g/mol. The van der Waals surface area contributed by atoms with Gasteiger partial charge in [0, 0.05) is 18.3 Å². The second-order valence-corrected chi connectivity index (χ2v) is 4.73. The Morgan fingerprint density at radius 2 is 2.11 bits per heavy atom. The Labute approximate surface area is 115 Å². The number of nitriles is 1. The fraction of sp³-hybridized carbons (Fsp3) is 0.308. The quantitative estimate of drug-likeness (QED) is 0.840. The van der Waals surface area contributed by atoms with E-state index in [1.807, 2.05) is 19.9 Å². The van der Waals surface area contributed by atoms with Crippen LogP contribution in [0.2, 0.25) is 5.15 Å². The van der Waals surface area contributed by atoms with Crippen LogP contribution in [-0.4, -0.2) is 14.3 Å². The molecule has 2 aromatic rings. The van der Waals surface area contributed by atoms with Gasteiger partial charge in [-0.15, -0.1) is 0 Å². The molecule has 19 heavy (non-hydrogen) atoms. The van der Waals surface area contributed by atoms with E-state index in [1.165, 1.54) is 10.6 Å². The lowest BCUT2D eigenvalue weighted by Gasteiger charge is -2.10. The van der Waals surface area contributed by atoms with Crippen LogP contribution < -0.4 is 5.56 Å². The average Bonchev–Trinajstić information content (AvgIpc) is 2.60. The van der Waals surface area contributed by atoms with Gasteiger partial charge in [-0.25, -0.2) is 0 Å². The number of rotatable bonds is 2. The summed E-state index contributed by atoms with van der Waals surface area (Å²) in [5.41, 5.74) is 2.18. The van der Waals surface area contributed by atoms with E-state index in [9.17, 15) is 4.79 Å².